The van der Waals surface area contributed by atoms with Crippen LogP contribution in [0.5, 0.6) is 0 Å². The van der Waals surface area contributed by atoms with Crippen molar-refractivity contribution in [2.75, 3.05) is 0 Å². The molecule has 0 aliphatic heterocycles. The predicted molar refractivity (Wildman–Crippen MR) is 109 cm³/mol. The van der Waals surface area contributed by atoms with E-state index in [9.17, 15) is 14.4 Å². The molecule has 1 heterocycles. The highest BCUT2D eigenvalue weighted by Crippen LogP contribution is 2.21. The zero-order chi connectivity index (χ0) is 21.7. The van der Waals surface area contributed by atoms with Crippen molar-refractivity contribution in [3.05, 3.63) is 58.4 Å². The van der Waals surface area contributed by atoms with Crippen LogP contribution in [-0.4, -0.2) is 35.0 Å². The van der Waals surface area contributed by atoms with Crippen LogP contribution in [0, 0.1) is 13.8 Å². The zero-order valence-corrected chi connectivity index (χ0v) is 17.7. The Morgan fingerprint density at radius 3 is 2.14 bits per heavy atom. The first-order chi connectivity index (χ1) is 13.6. The van der Waals surface area contributed by atoms with Crippen LogP contribution in [0.4, 0.5) is 0 Å². The lowest BCUT2D eigenvalue weighted by Gasteiger charge is -2.18. The van der Waals surface area contributed by atoms with E-state index >= 15 is 0 Å². The number of H-pyrrole nitrogens is 1. The van der Waals surface area contributed by atoms with Crippen molar-refractivity contribution >= 4 is 17.8 Å². The topological polar surface area (TPSA) is 97.5 Å². The Morgan fingerprint density at radius 1 is 0.931 bits per heavy atom. The molecule has 29 heavy (non-hydrogen) atoms. The van der Waals surface area contributed by atoms with Crippen LogP contribution in [0.1, 0.15) is 71.4 Å². The minimum Gasteiger partial charge on any atom is -0.459 e. The van der Waals surface area contributed by atoms with Gasteiger partial charge in [-0.15, -0.1) is 0 Å². The van der Waals surface area contributed by atoms with Crippen LogP contribution in [0.2, 0.25) is 0 Å². The quantitative estimate of drug-likeness (QED) is 0.692. The van der Waals surface area contributed by atoms with Crippen LogP contribution in [0.25, 0.3) is 0 Å². The third-order valence-electron chi connectivity index (χ3n) is 4.50. The third kappa shape index (κ3) is 5.47. The maximum Gasteiger partial charge on any atom is 0.355 e. The van der Waals surface area contributed by atoms with Crippen molar-refractivity contribution in [1.29, 1.82) is 0 Å². The van der Waals surface area contributed by atoms with Gasteiger partial charge >= 0.3 is 11.9 Å². The van der Waals surface area contributed by atoms with E-state index in [0.29, 0.717) is 16.8 Å². The first-order valence-corrected chi connectivity index (χ1v) is 9.58. The van der Waals surface area contributed by atoms with Gasteiger partial charge in [-0.1, -0.05) is 30.3 Å². The molecular formula is C22H28N2O5. The number of esters is 2. The third-order valence-corrected chi connectivity index (χ3v) is 4.50. The molecule has 1 amide bonds. The molecule has 0 bridgehead atoms. The number of amides is 1. The number of aromatic amines is 1. The maximum atomic E-state index is 12.6. The van der Waals surface area contributed by atoms with Crippen molar-refractivity contribution in [3.63, 3.8) is 0 Å². The first kappa shape index (κ1) is 22.2. The van der Waals surface area contributed by atoms with Crippen LogP contribution in [0.15, 0.2) is 30.3 Å². The Morgan fingerprint density at radius 2 is 1.55 bits per heavy atom. The summed E-state index contributed by atoms with van der Waals surface area (Å²) in [6.45, 7) is 10.2. The molecular weight excluding hydrogens is 372 g/mol. The lowest BCUT2D eigenvalue weighted by molar-refractivity contribution is -0.129. The zero-order valence-electron chi connectivity index (χ0n) is 17.7. The molecule has 0 spiro atoms. The van der Waals surface area contributed by atoms with E-state index < -0.39 is 23.9 Å². The summed E-state index contributed by atoms with van der Waals surface area (Å²) in [7, 11) is 0. The average Bonchev–Trinajstić information content (AvgIpc) is 2.96. The van der Waals surface area contributed by atoms with Gasteiger partial charge in [0.1, 0.15) is 5.69 Å². The normalized spacial score (nSPS) is 12.9. The van der Waals surface area contributed by atoms with Crippen LogP contribution >= 0.6 is 0 Å². The molecule has 2 rings (SSSR count). The van der Waals surface area contributed by atoms with E-state index in [4.69, 9.17) is 9.47 Å². The molecule has 2 atom stereocenters. The Bertz CT molecular complexity index is 886. The summed E-state index contributed by atoms with van der Waals surface area (Å²) in [6, 6.07) is 9.26. The summed E-state index contributed by atoms with van der Waals surface area (Å²) in [5, 5.41) is 2.82. The number of rotatable bonds is 7. The second kappa shape index (κ2) is 9.41. The first-order valence-electron chi connectivity index (χ1n) is 9.58. The highest BCUT2D eigenvalue weighted by atomic mass is 16.6. The van der Waals surface area contributed by atoms with Crippen molar-refractivity contribution in [3.8, 4) is 0 Å². The highest BCUT2D eigenvalue weighted by molar-refractivity contribution is 5.99. The molecule has 0 aliphatic rings. The van der Waals surface area contributed by atoms with Gasteiger partial charge in [-0.05, 0) is 52.7 Å². The Labute approximate surface area is 170 Å². The summed E-state index contributed by atoms with van der Waals surface area (Å²) in [5.41, 5.74) is 2.33. The number of nitrogens with one attached hydrogen (secondary N) is 2. The van der Waals surface area contributed by atoms with E-state index in [1.807, 2.05) is 37.3 Å². The number of aryl methyl sites for hydroxylation is 1. The molecule has 2 unspecified atom stereocenters. The number of carbonyl (C=O) groups is 3. The largest absolute Gasteiger partial charge is 0.459 e. The van der Waals surface area contributed by atoms with Gasteiger partial charge in [0.2, 0.25) is 0 Å². The molecule has 0 radical (unpaired) electrons. The molecule has 2 aromatic rings. The van der Waals surface area contributed by atoms with Crippen molar-refractivity contribution in [2.24, 2.45) is 0 Å². The molecule has 2 N–H and O–H groups in total. The fourth-order valence-electron chi connectivity index (χ4n) is 2.96. The van der Waals surface area contributed by atoms with Crippen LogP contribution in [-0.2, 0) is 14.3 Å². The van der Waals surface area contributed by atoms with Crippen molar-refractivity contribution in [1.82, 2.24) is 10.3 Å². The lowest BCUT2D eigenvalue weighted by atomic mass is 10.1. The summed E-state index contributed by atoms with van der Waals surface area (Å²) < 4.78 is 10.5. The molecule has 7 heteroatoms. The van der Waals surface area contributed by atoms with Gasteiger partial charge in [0.25, 0.3) is 5.91 Å². The van der Waals surface area contributed by atoms with E-state index in [1.54, 1.807) is 27.7 Å². The number of ether oxygens (including phenoxy) is 2. The smallest absolute Gasteiger partial charge is 0.355 e. The number of carbonyl (C=O) groups excluding carboxylic acids is 3. The minimum atomic E-state index is -0.997. The van der Waals surface area contributed by atoms with Gasteiger partial charge in [-0.2, -0.15) is 0 Å². The SMILES string of the molecule is Cc1[nH]c(C(=O)OC(C)C(=O)NC(C)c2ccccc2)c(C)c1C(=O)OC(C)C. The molecule has 156 valence electrons. The molecule has 0 saturated carbocycles. The molecule has 1 aromatic heterocycles. The van der Waals surface area contributed by atoms with Crippen molar-refractivity contribution in [2.45, 2.75) is 59.8 Å². The average molecular weight is 400 g/mol. The second-order valence-electron chi connectivity index (χ2n) is 7.27. The van der Waals surface area contributed by atoms with Gasteiger partial charge in [0, 0.05) is 5.69 Å². The fourth-order valence-corrected chi connectivity index (χ4v) is 2.96. The van der Waals surface area contributed by atoms with Gasteiger partial charge in [0.15, 0.2) is 6.10 Å². The molecule has 0 fully saturated rings. The maximum absolute atomic E-state index is 12.6. The summed E-state index contributed by atoms with van der Waals surface area (Å²) in [5.74, 6) is -1.62. The van der Waals surface area contributed by atoms with Gasteiger partial charge in [0.05, 0.1) is 17.7 Å². The number of aromatic nitrogens is 1. The minimum absolute atomic E-state index is 0.133. The van der Waals surface area contributed by atoms with E-state index in [2.05, 4.69) is 10.3 Å². The molecule has 0 aliphatic carbocycles. The molecule has 0 saturated heterocycles. The van der Waals surface area contributed by atoms with Crippen LogP contribution < -0.4 is 5.32 Å². The Hall–Kier alpha value is -3.09. The molecule has 7 nitrogen and oxygen atoms in total. The van der Waals surface area contributed by atoms with Gasteiger partial charge in [-0.3, -0.25) is 4.79 Å². The fraction of sp³-hybridized carbons (Fsp3) is 0.409. The Balaban J connectivity index is 2.06. The number of hydrogen-bond donors (Lipinski definition) is 2. The molecule has 1 aromatic carbocycles. The van der Waals surface area contributed by atoms with Crippen molar-refractivity contribution < 1.29 is 23.9 Å². The van der Waals surface area contributed by atoms with Gasteiger partial charge in [-0.25, -0.2) is 9.59 Å². The lowest BCUT2D eigenvalue weighted by Crippen LogP contribution is -2.37. The number of hydrogen-bond acceptors (Lipinski definition) is 5. The van der Waals surface area contributed by atoms with Gasteiger partial charge < -0.3 is 19.8 Å². The standard InChI is InChI=1S/C22H28N2O5/c1-12(2)28-21(26)18-13(3)19(23-15(18)5)22(27)29-16(6)20(25)24-14(4)17-10-8-7-9-11-17/h7-12,14,16,23H,1-6H3,(H,24,25). The van der Waals surface area contributed by atoms with E-state index in [1.165, 1.54) is 6.92 Å². The van der Waals surface area contributed by atoms with E-state index in [-0.39, 0.29) is 17.8 Å². The predicted octanol–water partition coefficient (Wildman–Crippen LogP) is 3.62. The van der Waals surface area contributed by atoms with E-state index in [0.717, 1.165) is 5.56 Å². The van der Waals surface area contributed by atoms with Crippen LogP contribution in [0.3, 0.4) is 0 Å². The summed E-state index contributed by atoms with van der Waals surface area (Å²) in [6.07, 6.45) is -1.27. The second-order valence-corrected chi connectivity index (χ2v) is 7.27. The summed E-state index contributed by atoms with van der Waals surface area (Å²) >= 11 is 0. The number of benzene rings is 1. The highest BCUT2D eigenvalue weighted by Gasteiger charge is 2.27. The Kier molecular flexibility index (Phi) is 7.20. The monoisotopic (exact) mass is 400 g/mol. The summed E-state index contributed by atoms with van der Waals surface area (Å²) in [4.78, 5) is 40.1.